The molecule has 2 atom stereocenters. The van der Waals surface area contributed by atoms with Gasteiger partial charge >= 0.3 is 11.9 Å². The minimum absolute atomic E-state index is 0.0159. The molecular formula is C31H58O5Si. The normalized spacial score (nSPS) is 17.0. The van der Waals surface area contributed by atoms with E-state index in [1.165, 1.54) is 103 Å². The van der Waals surface area contributed by atoms with E-state index in [0.717, 1.165) is 12.8 Å². The number of hydrogen-bond acceptors (Lipinski definition) is 5. The first-order valence-corrected chi connectivity index (χ1v) is 18.2. The minimum atomic E-state index is -2.16. The highest BCUT2D eigenvalue weighted by Gasteiger charge is 2.44. The van der Waals surface area contributed by atoms with Crippen LogP contribution in [0.4, 0.5) is 0 Å². The monoisotopic (exact) mass is 538 g/mol. The van der Waals surface area contributed by atoms with E-state index in [4.69, 9.17) is 13.9 Å². The minimum Gasteiger partial charge on any atom is -0.458 e. The molecule has 0 aliphatic carbocycles. The Morgan fingerprint density at radius 1 is 0.865 bits per heavy atom. The lowest BCUT2D eigenvalue weighted by Crippen LogP contribution is -2.45. The fourth-order valence-electron chi connectivity index (χ4n) is 4.56. The van der Waals surface area contributed by atoms with Crippen molar-refractivity contribution in [2.24, 2.45) is 0 Å². The Hall–Kier alpha value is -1.14. The molecule has 0 aromatic rings. The van der Waals surface area contributed by atoms with Gasteiger partial charge in [-0.15, -0.1) is 0 Å². The van der Waals surface area contributed by atoms with Crippen LogP contribution in [-0.2, 0) is 23.5 Å². The van der Waals surface area contributed by atoms with Gasteiger partial charge in [0, 0.05) is 18.6 Å². The van der Waals surface area contributed by atoms with Gasteiger partial charge in [0.1, 0.15) is 6.10 Å². The summed E-state index contributed by atoms with van der Waals surface area (Å²) in [6, 6.07) is 0. The van der Waals surface area contributed by atoms with Crippen molar-refractivity contribution in [3.63, 3.8) is 0 Å². The maximum atomic E-state index is 12.1. The molecule has 6 heteroatoms. The number of hydrogen-bond donors (Lipinski definition) is 0. The van der Waals surface area contributed by atoms with Gasteiger partial charge in [-0.3, -0.25) is 4.79 Å². The van der Waals surface area contributed by atoms with Crippen LogP contribution in [0, 0.1) is 0 Å². The van der Waals surface area contributed by atoms with Crippen LogP contribution in [0.3, 0.4) is 0 Å². The zero-order valence-corrected chi connectivity index (χ0v) is 26.3. The summed E-state index contributed by atoms with van der Waals surface area (Å²) in [4.78, 5) is 23.9. The summed E-state index contributed by atoms with van der Waals surface area (Å²) in [5.74, 6) is -0.754. The lowest BCUT2D eigenvalue weighted by atomic mass is 10.0. The van der Waals surface area contributed by atoms with Crippen LogP contribution in [0.2, 0.25) is 18.1 Å². The van der Waals surface area contributed by atoms with Gasteiger partial charge in [-0.2, -0.15) is 0 Å². The van der Waals surface area contributed by atoms with Crippen molar-refractivity contribution in [2.75, 3.05) is 0 Å². The van der Waals surface area contributed by atoms with Gasteiger partial charge in [0.05, 0.1) is 0 Å². The van der Waals surface area contributed by atoms with Gasteiger partial charge in [0.2, 0.25) is 6.29 Å². The topological polar surface area (TPSA) is 61.8 Å². The number of cyclic esters (lactones) is 1. The summed E-state index contributed by atoms with van der Waals surface area (Å²) >= 11 is 0. The molecule has 1 heterocycles. The van der Waals surface area contributed by atoms with Crippen molar-refractivity contribution in [1.82, 2.24) is 0 Å². The predicted octanol–water partition coefficient (Wildman–Crippen LogP) is 9.40. The van der Waals surface area contributed by atoms with Gasteiger partial charge in [0.25, 0.3) is 0 Å². The molecule has 0 saturated carbocycles. The second kappa shape index (κ2) is 18.2. The summed E-state index contributed by atoms with van der Waals surface area (Å²) in [7, 11) is -2.16. The SMILES string of the molecule is CCCCCCCCCCCCCCCCCCC(OC(C)=O)C1=CC(=O)OC1O[Si](C)(C)C(C)(C)C. The van der Waals surface area contributed by atoms with E-state index in [9.17, 15) is 9.59 Å². The smallest absolute Gasteiger partial charge is 0.333 e. The number of carbonyl (C=O) groups is 2. The van der Waals surface area contributed by atoms with E-state index >= 15 is 0 Å². The average Bonchev–Trinajstić information content (AvgIpc) is 3.16. The highest BCUT2D eigenvalue weighted by molar-refractivity contribution is 6.74. The van der Waals surface area contributed by atoms with Crippen molar-refractivity contribution in [2.45, 2.75) is 174 Å². The van der Waals surface area contributed by atoms with E-state index in [1.807, 2.05) is 0 Å². The number of carbonyl (C=O) groups excluding carboxylic acids is 2. The molecule has 37 heavy (non-hydrogen) atoms. The molecule has 2 unspecified atom stereocenters. The summed E-state index contributed by atoms with van der Waals surface area (Å²) in [5.41, 5.74) is 0.658. The average molecular weight is 539 g/mol. The molecular weight excluding hydrogens is 480 g/mol. The zero-order chi connectivity index (χ0) is 27.7. The van der Waals surface area contributed by atoms with Crippen LogP contribution in [0.25, 0.3) is 0 Å². The Morgan fingerprint density at radius 3 is 1.70 bits per heavy atom. The number of rotatable bonds is 21. The van der Waals surface area contributed by atoms with Crippen LogP contribution < -0.4 is 0 Å². The molecule has 0 aromatic heterocycles. The Bertz CT molecular complexity index is 680. The van der Waals surface area contributed by atoms with E-state index in [0.29, 0.717) is 12.0 Å². The number of esters is 2. The molecule has 1 rings (SSSR count). The number of ether oxygens (including phenoxy) is 2. The van der Waals surface area contributed by atoms with Crippen LogP contribution >= 0.6 is 0 Å². The van der Waals surface area contributed by atoms with Crippen LogP contribution in [-0.4, -0.2) is 32.6 Å². The number of unbranched alkanes of at least 4 members (excludes halogenated alkanes) is 15. The fraction of sp³-hybridized carbons (Fsp3) is 0.871. The Morgan fingerprint density at radius 2 is 1.30 bits per heavy atom. The third-order valence-corrected chi connectivity index (χ3v) is 12.4. The molecule has 0 N–H and O–H groups in total. The second-order valence-electron chi connectivity index (χ2n) is 12.5. The summed E-state index contributed by atoms with van der Waals surface area (Å²) in [6.45, 7) is 14.4. The van der Waals surface area contributed by atoms with Crippen LogP contribution in [0.15, 0.2) is 11.6 Å². The third-order valence-electron chi connectivity index (χ3n) is 7.99. The van der Waals surface area contributed by atoms with Crippen molar-refractivity contribution < 1.29 is 23.5 Å². The van der Waals surface area contributed by atoms with E-state index in [2.05, 4.69) is 40.8 Å². The zero-order valence-electron chi connectivity index (χ0n) is 25.3. The van der Waals surface area contributed by atoms with Gasteiger partial charge in [-0.1, -0.05) is 124 Å². The maximum Gasteiger partial charge on any atom is 0.333 e. The van der Waals surface area contributed by atoms with Gasteiger partial charge < -0.3 is 13.9 Å². The first-order valence-electron chi connectivity index (χ1n) is 15.2. The van der Waals surface area contributed by atoms with Gasteiger partial charge in [-0.05, 0) is 31.0 Å². The van der Waals surface area contributed by atoms with Crippen molar-refractivity contribution in [3.05, 3.63) is 11.6 Å². The molecule has 1 aliphatic heterocycles. The summed E-state index contributed by atoms with van der Waals surface area (Å²) in [5, 5.41) is -0.0159. The molecule has 0 aromatic carbocycles. The van der Waals surface area contributed by atoms with Crippen LogP contribution in [0.1, 0.15) is 144 Å². The molecule has 0 fully saturated rings. The lowest BCUT2D eigenvalue weighted by Gasteiger charge is -2.38. The second-order valence-corrected chi connectivity index (χ2v) is 17.2. The fourth-order valence-corrected chi connectivity index (χ4v) is 5.64. The van der Waals surface area contributed by atoms with Gasteiger partial charge in [-0.25, -0.2) is 4.79 Å². The third kappa shape index (κ3) is 14.5. The van der Waals surface area contributed by atoms with E-state index < -0.39 is 26.7 Å². The quantitative estimate of drug-likeness (QED) is 0.0827. The summed E-state index contributed by atoms with van der Waals surface area (Å²) in [6.07, 6.45) is 22.1. The largest absolute Gasteiger partial charge is 0.458 e. The molecule has 1 aliphatic rings. The van der Waals surface area contributed by atoms with E-state index in [1.54, 1.807) is 0 Å². The van der Waals surface area contributed by atoms with Crippen molar-refractivity contribution in [1.29, 1.82) is 0 Å². The molecule has 0 saturated heterocycles. The molecule has 0 radical (unpaired) electrons. The lowest BCUT2D eigenvalue weighted by molar-refractivity contribution is -0.152. The maximum absolute atomic E-state index is 12.1. The predicted molar refractivity (Wildman–Crippen MR) is 156 cm³/mol. The first kappa shape index (κ1) is 33.9. The molecule has 0 bridgehead atoms. The van der Waals surface area contributed by atoms with Crippen molar-refractivity contribution >= 4 is 20.3 Å². The molecule has 0 amide bonds. The Kier molecular flexibility index (Phi) is 16.7. The highest BCUT2D eigenvalue weighted by atomic mass is 28.4. The standard InChI is InChI=1S/C31H58O5Si/c1-8-9-10-11-12-13-14-15-16-17-18-19-20-21-22-23-24-28(34-26(2)32)27-25-29(33)35-30(27)36-37(6,7)31(3,4)5/h25,28,30H,8-24H2,1-7H3. The van der Waals surface area contributed by atoms with E-state index in [-0.39, 0.29) is 11.0 Å². The molecule has 216 valence electrons. The summed E-state index contributed by atoms with van der Waals surface area (Å²) < 4.78 is 17.5. The van der Waals surface area contributed by atoms with Gasteiger partial charge in [0.15, 0.2) is 8.32 Å². The molecule has 5 nitrogen and oxygen atoms in total. The van der Waals surface area contributed by atoms with Crippen LogP contribution in [0.5, 0.6) is 0 Å². The Labute approximate surface area is 229 Å². The van der Waals surface area contributed by atoms with Crippen molar-refractivity contribution in [3.8, 4) is 0 Å². The molecule has 0 spiro atoms. The first-order chi connectivity index (χ1) is 17.5. The Balaban J connectivity index is 2.27. The highest BCUT2D eigenvalue weighted by Crippen LogP contribution is 2.39.